The van der Waals surface area contributed by atoms with Gasteiger partial charge in [-0.05, 0) is 99.3 Å². The van der Waals surface area contributed by atoms with E-state index in [0.717, 1.165) is 0 Å². The van der Waals surface area contributed by atoms with E-state index in [4.69, 9.17) is 28.0 Å². The molecule has 0 radical (unpaired) electrons. The second-order valence-corrected chi connectivity index (χ2v) is 20.9. The van der Waals surface area contributed by atoms with Crippen LogP contribution in [0.1, 0.15) is 119 Å². The fourth-order valence-electron chi connectivity index (χ4n) is 7.88. The van der Waals surface area contributed by atoms with Crippen LogP contribution in [-0.2, 0) is 54.4 Å². The lowest BCUT2D eigenvalue weighted by molar-refractivity contribution is -0.143. The summed E-state index contributed by atoms with van der Waals surface area (Å²) in [5, 5.41) is 59.6. The lowest BCUT2D eigenvalue weighted by atomic mass is 9.98. The smallest absolute Gasteiger partial charge is 0.326 e. The van der Waals surface area contributed by atoms with Gasteiger partial charge >= 0.3 is 11.9 Å². The summed E-state index contributed by atoms with van der Waals surface area (Å²) >= 11 is 0. The van der Waals surface area contributed by atoms with E-state index in [1.54, 1.807) is 55.4 Å². The highest BCUT2D eigenvalue weighted by atomic mass is 16.4. The molecule has 27 heteroatoms. The monoisotopic (exact) mass is 1110 g/mol. The van der Waals surface area contributed by atoms with Crippen molar-refractivity contribution >= 4 is 65.2 Å². The summed E-state index contributed by atoms with van der Waals surface area (Å²) in [6, 6.07) is -6.80. The van der Waals surface area contributed by atoms with Crippen molar-refractivity contribution in [3.8, 4) is 5.75 Å². The number of rotatable bonds is 37. The van der Waals surface area contributed by atoms with Gasteiger partial charge in [0.2, 0.25) is 47.3 Å². The molecule has 440 valence electrons. The Bertz CT molecular complexity index is 2170. The van der Waals surface area contributed by atoms with E-state index in [0.29, 0.717) is 18.4 Å². The van der Waals surface area contributed by atoms with E-state index in [2.05, 4.69) is 47.5 Å². The number of aliphatic imine (C=N–C) groups is 1. The molecular weight excluding hydrogens is 1020 g/mol. The highest BCUT2D eigenvalue weighted by Gasteiger charge is 2.36. The fraction of sp³-hybridized carbons (Fsp3) is 0.667. The molecule has 27 nitrogen and oxygen atoms in total. The van der Waals surface area contributed by atoms with Gasteiger partial charge in [0.05, 0.1) is 19.1 Å². The van der Waals surface area contributed by atoms with Gasteiger partial charge in [0.1, 0.15) is 54.1 Å². The van der Waals surface area contributed by atoms with Crippen LogP contribution in [0.15, 0.2) is 29.3 Å². The summed E-state index contributed by atoms with van der Waals surface area (Å²) < 4.78 is 0. The van der Waals surface area contributed by atoms with Crippen molar-refractivity contribution in [2.75, 3.05) is 19.7 Å². The molecule has 0 aliphatic rings. The zero-order valence-electron chi connectivity index (χ0n) is 46.1. The van der Waals surface area contributed by atoms with Crippen molar-refractivity contribution < 1.29 is 68.4 Å². The Labute approximate surface area is 455 Å². The molecule has 0 aliphatic heterocycles. The highest BCUT2D eigenvalue weighted by molar-refractivity contribution is 5.98. The van der Waals surface area contributed by atoms with Crippen molar-refractivity contribution in [2.24, 2.45) is 51.6 Å². The summed E-state index contributed by atoms with van der Waals surface area (Å²) in [4.78, 5) is 138. The molecule has 1 aromatic rings. The van der Waals surface area contributed by atoms with Crippen LogP contribution < -0.4 is 65.5 Å². The zero-order valence-corrected chi connectivity index (χ0v) is 46.1. The van der Waals surface area contributed by atoms with Gasteiger partial charge in [-0.3, -0.25) is 48.1 Å². The average molecular weight is 1110 g/mol. The Morgan fingerprint density at radius 2 is 0.936 bits per heavy atom. The van der Waals surface area contributed by atoms with Crippen LogP contribution in [0, 0.1) is 23.7 Å². The molecule has 0 bridgehead atoms. The predicted octanol–water partition coefficient (Wildman–Crippen LogP) is -2.33. The molecule has 20 N–H and O–H groups in total. The number of amides is 8. The third kappa shape index (κ3) is 26.8. The van der Waals surface area contributed by atoms with E-state index in [-0.39, 0.29) is 87.5 Å². The van der Waals surface area contributed by atoms with Crippen molar-refractivity contribution in [1.29, 1.82) is 0 Å². The van der Waals surface area contributed by atoms with Gasteiger partial charge in [0, 0.05) is 13.0 Å². The van der Waals surface area contributed by atoms with Crippen molar-refractivity contribution in [3.05, 3.63) is 29.8 Å². The number of unbranched alkanes of at least 4 members (excludes halogenated alkanes) is 1. The Kier molecular flexibility index (Phi) is 31.2. The first-order valence-electron chi connectivity index (χ1n) is 26.3. The molecule has 0 aromatic heterocycles. The molecule has 0 saturated carbocycles. The number of hydrogen-bond donors (Lipinski definition) is 16. The number of phenols is 1. The molecule has 9 atom stereocenters. The predicted molar refractivity (Wildman–Crippen MR) is 288 cm³/mol. The minimum Gasteiger partial charge on any atom is -0.508 e. The van der Waals surface area contributed by atoms with Gasteiger partial charge < -0.3 is 85.9 Å². The van der Waals surface area contributed by atoms with E-state index in [1.165, 1.54) is 24.3 Å². The summed E-state index contributed by atoms with van der Waals surface area (Å²) in [5.74, 6) is -11.1. The molecule has 78 heavy (non-hydrogen) atoms. The second-order valence-electron chi connectivity index (χ2n) is 20.9. The molecule has 0 fully saturated rings. The van der Waals surface area contributed by atoms with Crippen LogP contribution >= 0.6 is 0 Å². The number of carbonyl (C=O) groups excluding carboxylic acids is 8. The number of carbonyl (C=O) groups is 10. The number of hydrogen-bond acceptors (Lipinski definition) is 15. The molecule has 1 rings (SSSR count). The third-order valence-corrected chi connectivity index (χ3v) is 12.0. The number of aromatic hydroxyl groups is 1. The van der Waals surface area contributed by atoms with Gasteiger partial charge in [-0.1, -0.05) is 67.5 Å². The van der Waals surface area contributed by atoms with Gasteiger partial charge in [-0.25, -0.2) is 4.79 Å². The number of aliphatic carboxylic acids is 2. The number of benzene rings is 1. The van der Waals surface area contributed by atoms with Crippen LogP contribution in [0.25, 0.3) is 0 Å². The molecule has 0 unspecified atom stereocenters. The summed E-state index contributed by atoms with van der Waals surface area (Å²) in [6.45, 7) is 13.2. The largest absolute Gasteiger partial charge is 0.508 e. The average Bonchev–Trinajstić information content (AvgIpc) is 3.33. The maximum absolute atomic E-state index is 14.2. The normalized spacial score (nSPS) is 14.8. The lowest BCUT2D eigenvalue weighted by Crippen LogP contribution is -2.61. The molecule has 0 aliphatic carbocycles. The Morgan fingerprint density at radius 3 is 1.40 bits per heavy atom. The van der Waals surface area contributed by atoms with Crippen molar-refractivity contribution in [2.45, 2.75) is 174 Å². The standard InChI is InChI=1S/C51H87N13O14/c1-26(2)20-35(59-44(71)33(12-9-10-18-52)58-43(70)34(13-11-19-56-51(54)55)57-42(69)32(53)24-40(67)68)45(72)60-36(21-27(3)4)47(74)64-41(29(7)8)49(76)63-39(25-65)48(75)61-37(23-30-14-16-31(66)17-15-30)46(73)62-38(50(77)78)22-28(5)6/h14-17,26-29,32-39,41,65-66H,9-13,18-25,52-53H2,1-8H3,(H,57,69)(H,58,70)(H,59,71)(H,60,72)(H,61,75)(H,62,73)(H,63,76)(H,64,74)(H,67,68)(H,77,78)(H4,54,55,56)/t32-,33-,34-,35-,36-,37-,38-,39-,41-/m0/s1. The maximum Gasteiger partial charge on any atom is 0.326 e. The first kappa shape index (κ1) is 68.9. The molecule has 0 heterocycles. The maximum atomic E-state index is 14.2. The fourth-order valence-corrected chi connectivity index (χ4v) is 7.88. The number of aliphatic hydroxyl groups excluding tert-OH is 1. The van der Waals surface area contributed by atoms with E-state index >= 15 is 0 Å². The Hall–Kier alpha value is -7.13. The highest BCUT2D eigenvalue weighted by Crippen LogP contribution is 2.15. The van der Waals surface area contributed by atoms with E-state index in [9.17, 15) is 63.3 Å². The molecule has 0 saturated heterocycles. The topological polar surface area (TPSA) is 464 Å². The third-order valence-electron chi connectivity index (χ3n) is 12.0. The van der Waals surface area contributed by atoms with Crippen molar-refractivity contribution in [1.82, 2.24) is 42.5 Å². The SMILES string of the molecule is CC(C)C[C@H](NC(=O)[C@H](Cc1ccc(O)cc1)NC(=O)[C@H](CO)NC(=O)[C@@H](NC(=O)[C@H](CC(C)C)NC(=O)[C@H](CC(C)C)NC(=O)[C@H](CCCCN)NC(=O)[C@H](CCCN=C(N)N)NC(=O)[C@@H](N)CC(=O)O)C(C)C)C(=O)O. The number of carboxylic acids is 2. The molecule has 0 spiro atoms. The van der Waals surface area contributed by atoms with E-state index in [1.807, 2.05) is 0 Å². The number of nitrogens with zero attached hydrogens (tertiary/aromatic N) is 1. The quantitative estimate of drug-likeness (QED) is 0.0189. The minimum absolute atomic E-state index is 0.0369. The van der Waals surface area contributed by atoms with Gasteiger partial charge in [-0.2, -0.15) is 0 Å². The number of nitrogens with one attached hydrogen (secondary N) is 8. The van der Waals surface area contributed by atoms with Crippen LogP contribution in [-0.4, -0.2) is 160 Å². The number of guanidine groups is 1. The molecule has 1 aromatic carbocycles. The number of phenolic OH excluding ortho intramolecular Hbond substituents is 1. The van der Waals surface area contributed by atoms with E-state index < -0.39 is 133 Å². The number of carboxylic acid groups (broad SMARTS) is 2. The van der Waals surface area contributed by atoms with Crippen LogP contribution in [0.4, 0.5) is 0 Å². The number of aliphatic hydroxyl groups is 1. The van der Waals surface area contributed by atoms with Gasteiger partial charge in [-0.15, -0.1) is 0 Å². The van der Waals surface area contributed by atoms with Gasteiger partial charge in [0.25, 0.3) is 0 Å². The Balaban J connectivity index is 3.45. The molecular formula is C51H87N13O14. The summed E-state index contributed by atoms with van der Waals surface area (Å²) in [6.07, 6.45) is 0.201. The first-order chi connectivity index (χ1) is 36.5. The summed E-state index contributed by atoms with van der Waals surface area (Å²) in [7, 11) is 0. The Morgan fingerprint density at radius 1 is 0.526 bits per heavy atom. The summed E-state index contributed by atoms with van der Waals surface area (Å²) in [5.41, 5.74) is 22.8. The number of nitrogens with two attached hydrogens (primary N) is 4. The van der Waals surface area contributed by atoms with Gasteiger partial charge in [0.15, 0.2) is 5.96 Å². The van der Waals surface area contributed by atoms with Crippen LogP contribution in [0.5, 0.6) is 5.75 Å². The van der Waals surface area contributed by atoms with Crippen LogP contribution in [0.3, 0.4) is 0 Å². The first-order valence-corrected chi connectivity index (χ1v) is 26.3. The zero-order chi connectivity index (χ0) is 59.4. The second kappa shape index (κ2) is 35.3. The molecule has 8 amide bonds. The lowest BCUT2D eigenvalue weighted by Gasteiger charge is -2.29. The van der Waals surface area contributed by atoms with Crippen LogP contribution in [0.2, 0.25) is 0 Å². The minimum atomic E-state index is -1.69. The van der Waals surface area contributed by atoms with Crippen molar-refractivity contribution in [3.63, 3.8) is 0 Å².